The first-order valence-corrected chi connectivity index (χ1v) is 13.3. The zero-order valence-corrected chi connectivity index (χ0v) is 20.2. The molecule has 2 heterocycles. The zero-order valence-electron chi connectivity index (χ0n) is 18.5. The van der Waals surface area contributed by atoms with Crippen LogP contribution in [0.25, 0.3) is 0 Å². The molecule has 0 spiro atoms. The fourth-order valence-electron chi connectivity index (χ4n) is 4.00. The molecule has 31 heavy (non-hydrogen) atoms. The van der Waals surface area contributed by atoms with Gasteiger partial charge in [-0.3, -0.25) is 14.5 Å². The molecule has 8 nitrogen and oxygen atoms in total. The Morgan fingerprint density at radius 2 is 1.77 bits per heavy atom. The second-order valence-electron chi connectivity index (χ2n) is 7.71. The van der Waals surface area contributed by atoms with E-state index in [4.69, 9.17) is 0 Å². The summed E-state index contributed by atoms with van der Waals surface area (Å²) in [6.45, 7) is 10.4. The molecule has 0 aliphatic carbocycles. The average Bonchev–Trinajstić information content (AvgIpc) is 2.76. The van der Waals surface area contributed by atoms with Gasteiger partial charge in [-0.2, -0.15) is 4.31 Å². The van der Waals surface area contributed by atoms with E-state index in [1.165, 1.54) is 21.0 Å². The van der Waals surface area contributed by atoms with Crippen molar-refractivity contribution in [3.05, 3.63) is 18.2 Å². The Kier molecular flexibility index (Phi) is 8.01. The Bertz CT molecular complexity index is 910. The zero-order chi connectivity index (χ0) is 22.6. The number of benzene rings is 1. The van der Waals surface area contributed by atoms with Crippen LogP contribution in [0, 0.1) is 0 Å². The van der Waals surface area contributed by atoms with E-state index < -0.39 is 10.0 Å². The SMILES string of the molecule is CCCN1CCN(C(=O)CN2C(=O)CSc3ccc(S(=O)(=O)N(CC)CC)cc32)CC1. The van der Waals surface area contributed by atoms with Gasteiger partial charge in [-0.15, -0.1) is 11.8 Å². The van der Waals surface area contributed by atoms with Crippen LogP contribution in [0.4, 0.5) is 5.69 Å². The summed E-state index contributed by atoms with van der Waals surface area (Å²) >= 11 is 1.38. The van der Waals surface area contributed by atoms with Crippen molar-refractivity contribution in [2.24, 2.45) is 0 Å². The third-order valence-electron chi connectivity index (χ3n) is 5.77. The van der Waals surface area contributed by atoms with Crippen molar-refractivity contribution in [1.29, 1.82) is 0 Å². The summed E-state index contributed by atoms with van der Waals surface area (Å²) in [5.41, 5.74) is 0.507. The summed E-state index contributed by atoms with van der Waals surface area (Å²) in [4.78, 5) is 32.2. The minimum Gasteiger partial charge on any atom is -0.339 e. The lowest BCUT2D eigenvalue weighted by atomic mass is 10.2. The number of fused-ring (bicyclic) bond motifs is 1. The molecule has 0 atom stereocenters. The lowest BCUT2D eigenvalue weighted by Crippen LogP contribution is -2.52. The van der Waals surface area contributed by atoms with Gasteiger partial charge < -0.3 is 9.80 Å². The lowest BCUT2D eigenvalue weighted by molar-refractivity contribution is -0.132. The molecule has 0 aromatic heterocycles. The molecule has 1 saturated heterocycles. The molecular formula is C21H32N4O4S2. The second kappa shape index (κ2) is 10.3. The third-order valence-corrected chi connectivity index (χ3v) is 8.87. The van der Waals surface area contributed by atoms with Crippen LogP contribution in [0.2, 0.25) is 0 Å². The van der Waals surface area contributed by atoms with E-state index in [0.717, 1.165) is 31.0 Å². The number of carbonyl (C=O) groups is 2. The number of hydrogen-bond acceptors (Lipinski definition) is 6. The van der Waals surface area contributed by atoms with Crippen molar-refractivity contribution in [3.63, 3.8) is 0 Å². The molecule has 2 amide bonds. The van der Waals surface area contributed by atoms with Crippen molar-refractivity contribution in [3.8, 4) is 0 Å². The number of thioether (sulfide) groups is 1. The van der Waals surface area contributed by atoms with Crippen LogP contribution in [-0.4, -0.2) is 92.4 Å². The van der Waals surface area contributed by atoms with Gasteiger partial charge in [0.2, 0.25) is 21.8 Å². The Hall–Kier alpha value is -1.62. The van der Waals surface area contributed by atoms with Gasteiger partial charge in [0, 0.05) is 44.2 Å². The van der Waals surface area contributed by atoms with E-state index in [1.807, 2.05) is 0 Å². The molecule has 0 radical (unpaired) electrons. The number of carbonyl (C=O) groups excluding carboxylic acids is 2. The highest BCUT2D eigenvalue weighted by atomic mass is 32.2. The lowest BCUT2D eigenvalue weighted by Gasteiger charge is -2.36. The summed E-state index contributed by atoms with van der Waals surface area (Å²) in [5, 5.41) is 0. The first kappa shape index (κ1) is 24.0. The first-order chi connectivity index (χ1) is 14.8. The standard InChI is InChI=1S/C21H32N4O4S2/c1-4-9-22-10-12-23(13-11-22)20(26)15-25-18-14-17(31(28,29)24(5-2)6-3)7-8-19(18)30-16-21(25)27/h7-8,14H,4-6,9-13,15-16H2,1-3H3. The Morgan fingerprint density at radius 1 is 1.10 bits per heavy atom. The van der Waals surface area contributed by atoms with Crippen LogP contribution in [0.5, 0.6) is 0 Å². The van der Waals surface area contributed by atoms with Gasteiger partial charge in [0.1, 0.15) is 6.54 Å². The highest BCUT2D eigenvalue weighted by Crippen LogP contribution is 2.37. The van der Waals surface area contributed by atoms with Crippen molar-refractivity contribution < 1.29 is 18.0 Å². The second-order valence-corrected chi connectivity index (χ2v) is 10.7. The molecule has 0 saturated carbocycles. The normalized spacial score (nSPS) is 17.9. The Labute approximate surface area is 189 Å². The summed E-state index contributed by atoms with van der Waals surface area (Å²) in [7, 11) is -3.65. The molecule has 2 aliphatic heterocycles. The fraction of sp³-hybridized carbons (Fsp3) is 0.619. The number of hydrogen-bond donors (Lipinski definition) is 0. The Balaban J connectivity index is 1.80. The van der Waals surface area contributed by atoms with Crippen LogP contribution in [0.1, 0.15) is 27.2 Å². The van der Waals surface area contributed by atoms with Crippen LogP contribution >= 0.6 is 11.8 Å². The number of nitrogens with zero attached hydrogens (tertiary/aromatic N) is 4. The van der Waals surface area contributed by atoms with Crippen LogP contribution < -0.4 is 4.90 Å². The summed E-state index contributed by atoms with van der Waals surface area (Å²) in [6.07, 6.45) is 1.09. The predicted octanol–water partition coefficient (Wildman–Crippen LogP) is 1.71. The molecule has 0 bridgehead atoms. The first-order valence-electron chi connectivity index (χ1n) is 10.9. The minimum absolute atomic E-state index is 0.0606. The number of rotatable bonds is 8. The molecule has 0 unspecified atom stereocenters. The van der Waals surface area contributed by atoms with Gasteiger partial charge >= 0.3 is 0 Å². The summed E-state index contributed by atoms with van der Waals surface area (Å²) in [5.74, 6) is -0.0283. The summed E-state index contributed by atoms with van der Waals surface area (Å²) in [6, 6.07) is 4.87. The van der Waals surface area contributed by atoms with Crippen LogP contribution in [-0.2, 0) is 19.6 Å². The molecule has 3 rings (SSSR count). The minimum atomic E-state index is -3.65. The molecule has 10 heteroatoms. The maximum atomic E-state index is 13.0. The van der Waals surface area contributed by atoms with E-state index in [2.05, 4.69) is 11.8 Å². The molecule has 172 valence electrons. The number of sulfonamides is 1. The van der Waals surface area contributed by atoms with Gasteiger partial charge in [0.05, 0.1) is 16.3 Å². The predicted molar refractivity (Wildman–Crippen MR) is 123 cm³/mol. The van der Waals surface area contributed by atoms with Crippen molar-refractivity contribution in [2.45, 2.75) is 37.0 Å². The van der Waals surface area contributed by atoms with Crippen molar-refractivity contribution in [2.75, 3.05) is 63.0 Å². The van der Waals surface area contributed by atoms with E-state index in [9.17, 15) is 18.0 Å². The van der Waals surface area contributed by atoms with Gasteiger partial charge in [0.15, 0.2) is 0 Å². The highest BCUT2D eigenvalue weighted by Gasteiger charge is 2.31. The molecule has 1 aromatic carbocycles. The van der Waals surface area contributed by atoms with Crippen molar-refractivity contribution in [1.82, 2.24) is 14.1 Å². The van der Waals surface area contributed by atoms with E-state index in [1.54, 1.807) is 36.9 Å². The molecule has 1 fully saturated rings. The Morgan fingerprint density at radius 3 is 2.39 bits per heavy atom. The van der Waals surface area contributed by atoms with E-state index >= 15 is 0 Å². The van der Waals surface area contributed by atoms with Gasteiger partial charge in [-0.1, -0.05) is 20.8 Å². The maximum absolute atomic E-state index is 13.0. The monoisotopic (exact) mass is 468 g/mol. The number of amides is 2. The average molecular weight is 469 g/mol. The molecule has 0 N–H and O–H groups in total. The van der Waals surface area contributed by atoms with Crippen LogP contribution in [0.3, 0.4) is 0 Å². The highest BCUT2D eigenvalue weighted by molar-refractivity contribution is 8.00. The van der Waals surface area contributed by atoms with Crippen LogP contribution in [0.15, 0.2) is 28.0 Å². The molecule has 1 aromatic rings. The third kappa shape index (κ3) is 5.24. The van der Waals surface area contributed by atoms with Gasteiger partial charge in [-0.25, -0.2) is 8.42 Å². The largest absolute Gasteiger partial charge is 0.339 e. The number of anilines is 1. The fourth-order valence-corrected chi connectivity index (χ4v) is 6.40. The topological polar surface area (TPSA) is 81.2 Å². The van der Waals surface area contributed by atoms with E-state index in [0.29, 0.717) is 31.9 Å². The molecular weight excluding hydrogens is 436 g/mol. The van der Waals surface area contributed by atoms with Crippen molar-refractivity contribution >= 4 is 39.3 Å². The summed E-state index contributed by atoms with van der Waals surface area (Å²) < 4.78 is 27.3. The quantitative estimate of drug-likeness (QED) is 0.578. The number of piperazine rings is 1. The van der Waals surface area contributed by atoms with E-state index in [-0.39, 0.29) is 29.0 Å². The maximum Gasteiger partial charge on any atom is 0.243 e. The molecule has 2 aliphatic rings. The smallest absolute Gasteiger partial charge is 0.243 e. The van der Waals surface area contributed by atoms with Gasteiger partial charge in [0.25, 0.3) is 0 Å². The van der Waals surface area contributed by atoms with Gasteiger partial charge in [-0.05, 0) is 31.2 Å².